The van der Waals surface area contributed by atoms with Gasteiger partial charge >= 0.3 is 0 Å². The summed E-state index contributed by atoms with van der Waals surface area (Å²) in [4.78, 5) is 9.65. The normalized spacial score (nSPS) is 8.11. The molecule has 0 aliphatic rings. The van der Waals surface area contributed by atoms with Gasteiger partial charge in [0, 0.05) is 0 Å². The number of hydrogen-bond donors (Lipinski definition) is 0. The van der Waals surface area contributed by atoms with Crippen molar-refractivity contribution in [2.75, 3.05) is 0 Å². The van der Waals surface area contributed by atoms with E-state index < -0.39 is 0 Å². The zero-order valence-corrected chi connectivity index (χ0v) is 5.81. The Hall–Kier alpha value is -0.810. The van der Waals surface area contributed by atoms with Gasteiger partial charge in [0.1, 0.15) is 5.94 Å². The molecule has 0 fully saturated rings. The van der Waals surface area contributed by atoms with Crippen LogP contribution in [0.15, 0.2) is 18.2 Å². The molecule has 0 bridgehead atoms. The minimum atomic E-state index is 0.830. The van der Waals surface area contributed by atoms with Crippen LogP contribution in [0, 0.1) is 0 Å². The maximum absolute atomic E-state index is 9.65. The van der Waals surface area contributed by atoms with Gasteiger partial charge in [0.25, 0.3) is 0 Å². The molecule has 0 saturated carbocycles. The second-order valence-electron chi connectivity index (χ2n) is 2.17. The van der Waals surface area contributed by atoms with Crippen LogP contribution in [0.4, 0.5) is 0 Å². The van der Waals surface area contributed by atoms with Crippen LogP contribution in [0.5, 0.6) is 0 Å². The Labute approximate surface area is 56.1 Å². The smallest absolute Gasteiger partial charge is 0.120 e. The highest BCUT2D eigenvalue weighted by Gasteiger charge is 1.83. The average Bonchev–Trinajstić information content (AvgIpc) is 1.80. The molecule has 0 rings (SSSR count). The van der Waals surface area contributed by atoms with E-state index in [1.807, 2.05) is 6.92 Å². The van der Waals surface area contributed by atoms with Crippen LogP contribution >= 0.6 is 0 Å². The fourth-order valence-corrected chi connectivity index (χ4v) is 0.565. The quantitative estimate of drug-likeness (QED) is 0.319. The largest absolute Gasteiger partial charge is 0.234 e. The van der Waals surface area contributed by atoms with Crippen molar-refractivity contribution < 1.29 is 4.79 Å². The van der Waals surface area contributed by atoms with E-state index in [0.717, 1.165) is 19.3 Å². The Balaban J connectivity index is 3.10. The van der Waals surface area contributed by atoms with Crippen molar-refractivity contribution >= 4 is 5.94 Å². The fourth-order valence-electron chi connectivity index (χ4n) is 0.565. The third kappa shape index (κ3) is 7.19. The molecule has 0 aromatic rings. The van der Waals surface area contributed by atoms with E-state index in [-0.39, 0.29) is 0 Å². The number of allylic oxidation sites excluding steroid dienone is 2. The maximum Gasteiger partial charge on any atom is 0.120 e. The van der Waals surface area contributed by atoms with Crippen molar-refractivity contribution in [2.45, 2.75) is 26.2 Å². The summed E-state index contributed by atoms with van der Waals surface area (Å²) in [6, 6.07) is 0. The van der Waals surface area contributed by atoms with Gasteiger partial charge < -0.3 is 0 Å². The van der Waals surface area contributed by atoms with E-state index in [9.17, 15) is 4.79 Å². The van der Waals surface area contributed by atoms with Gasteiger partial charge in [-0.15, -0.1) is 6.58 Å². The van der Waals surface area contributed by atoms with E-state index >= 15 is 0 Å². The van der Waals surface area contributed by atoms with Crippen LogP contribution < -0.4 is 0 Å². The lowest BCUT2D eigenvalue weighted by molar-refractivity contribution is 0.567. The number of hydrogen-bond acceptors (Lipinski definition) is 1. The van der Waals surface area contributed by atoms with Crippen molar-refractivity contribution in [3.8, 4) is 0 Å². The van der Waals surface area contributed by atoms with Crippen molar-refractivity contribution in [3.63, 3.8) is 0 Å². The van der Waals surface area contributed by atoms with Crippen LogP contribution in [0.2, 0.25) is 0 Å². The molecular weight excluding hydrogens is 112 g/mol. The highest BCUT2D eigenvalue weighted by atomic mass is 16.1. The van der Waals surface area contributed by atoms with Gasteiger partial charge in [-0.25, -0.2) is 4.79 Å². The number of carbonyl (C=O) groups excluding carboxylic acids is 1. The first kappa shape index (κ1) is 8.19. The van der Waals surface area contributed by atoms with Gasteiger partial charge in [0.05, 0.1) is 0 Å². The standard InChI is InChI=1S/C8H12O/c1-8(2)6-4-3-5-7-9/h5H,1,3-4,6H2,2H3. The van der Waals surface area contributed by atoms with Gasteiger partial charge in [-0.05, 0) is 32.3 Å². The molecular formula is C8H12O. The van der Waals surface area contributed by atoms with Crippen molar-refractivity contribution in [2.24, 2.45) is 0 Å². The molecule has 50 valence electrons. The Morgan fingerprint density at radius 1 is 1.78 bits per heavy atom. The molecule has 0 aliphatic heterocycles. The predicted octanol–water partition coefficient (Wildman–Crippen LogP) is 2.12. The third-order valence-electron chi connectivity index (χ3n) is 1.04. The van der Waals surface area contributed by atoms with Gasteiger partial charge in [0.2, 0.25) is 0 Å². The van der Waals surface area contributed by atoms with E-state index in [0.29, 0.717) is 0 Å². The number of rotatable bonds is 4. The topological polar surface area (TPSA) is 17.1 Å². The summed E-state index contributed by atoms with van der Waals surface area (Å²) < 4.78 is 0. The first-order valence-corrected chi connectivity index (χ1v) is 3.11. The maximum atomic E-state index is 9.65. The Kier molecular flexibility index (Phi) is 4.85. The van der Waals surface area contributed by atoms with Crippen LogP contribution in [-0.4, -0.2) is 5.94 Å². The molecule has 0 atom stereocenters. The zero-order chi connectivity index (χ0) is 7.11. The SMILES string of the molecule is C=C(C)CCCC=C=O. The van der Waals surface area contributed by atoms with Gasteiger partial charge in [-0.3, -0.25) is 0 Å². The molecule has 0 aliphatic carbocycles. The van der Waals surface area contributed by atoms with Gasteiger partial charge in [0.15, 0.2) is 0 Å². The summed E-state index contributed by atoms with van der Waals surface area (Å²) in [5, 5.41) is 0. The van der Waals surface area contributed by atoms with Gasteiger partial charge in [-0.2, -0.15) is 0 Å². The molecule has 0 saturated heterocycles. The minimum absolute atomic E-state index is 0.830. The first-order valence-electron chi connectivity index (χ1n) is 3.11. The molecule has 0 aromatic heterocycles. The van der Waals surface area contributed by atoms with Crippen LogP contribution in [0.3, 0.4) is 0 Å². The Bertz CT molecular complexity index is 128. The molecule has 0 N–H and O–H groups in total. The zero-order valence-electron chi connectivity index (χ0n) is 5.81. The summed E-state index contributed by atoms with van der Waals surface area (Å²) in [6.07, 6.45) is 4.38. The summed E-state index contributed by atoms with van der Waals surface area (Å²) in [6.45, 7) is 5.73. The summed E-state index contributed by atoms with van der Waals surface area (Å²) in [5.41, 5.74) is 1.18. The lowest BCUT2D eigenvalue weighted by Gasteiger charge is -1.92. The molecule has 0 radical (unpaired) electrons. The van der Waals surface area contributed by atoms with Crippen LogP contribution in [0.25, 0.3) is 0 Å². The Morgan fingerprint density at radius 3 is 2.89 bits per heavy atom. The second kappa shape index (κ2) is 5.33. The van der Waals surface area contributed by atoms with Crippen LogP contribution in [-0.2, 0) is 4.79 Å². The summed E-state index contributed by atoms with van der Waals surface area (Å²) in [5.74, 6) is 1.74. The first-order chi connectivity index (χ1) is 4.27. The fraction of sp³-hybridized carbons (Fsp3) is 0.500. The molecule has 0 aromatic carbocycles. The van der Waals surface area contributed by atoms with E-state index in [2.05, 4.69) is 6.58 Å². The highest BCUT2D eigenvalue weighted by molar-refractivity contribution is 5.44. The van der Waals surface area contributed by atoms with Crippen LogP contribution in [0.1, 0.15) is 26.2 Å². The lowest BCUT2D eigenvalue weighted by atomic mass is 10.1. The lowest BCUT2D eigenvalue weighted by Crippen LogP contribution is -1.73. The predicted molar refractivity (Wildman–Crippen MR) is 38.9 cm³/mol. The van der Waals surface area contributed by atoms with Crippen molar-refractivity contribution in [3.05, 3.63) is 18.2 Å². The minimum Gasteiger partial charge on any atom is -0.234 e. The third-order valence-corrected chi connectivity index (χ3v) is 1.04. The molecule has 1 nitrogen and oxygen atoms in total. The summed E-state index contributed by atoms with van der Waals surface area (Å²) >= 11 is 0. The molecule has 1 heteroatoms. The molecule has 0 unspecified atom stereocenters. The van der Waals surface area contributed by atoms with E-state index in [4.69, 9.17) is 0 Å². The van der Waals surface area contributed by atoms with Gasteiger partial charge in [-0.1, -0.05) is 5.57 Å². The van der Waals surface area contributed by atoms with E-state index in [1.54, 1.807) is 5.94 Å². The summed E-state index contributed by atoms with van der Waals surface area (Å²) in [7, 11) is 0. The van der Waals surface area contributed by atoms with Crippen molar-refractivity contribution in [1.29, 1.82) is 0 Å². The van der Waals surface area contributed by atoms with E-state index in [1.165, 1.54) is 11.6 Å². The molecule has 0 amide bonds. The Morgan fingerprint density at radius 2 is 2.44 bits per heavy atom. The second-order valence-corrected chi connectivity index (χ2v) is 2.17. The monoisotopic (exact) mass is 124 g/mol. The molecule has 0 spiro atoms. The molecule has 0 heterocycles. The highest BCUT2D eigenvalue weighted by Crippen LogP contribution is 2.02. The number of unbranched alkanes of at least 4 members (excludes halogenated alkanes) is 1. The average molecular weight is 124 g/mol. The molecule has 9 heavy (non-hydrogen) atoms. The van der Waals surface area contributed by atoms with Crippen molar-refractivity contribution in [1.82, 2.24) is 0 Å².